The molecule has 0 spiro atoms. The van der Waals surface area contributed by atoms with Crippen molar-refractivity contribution in [1.82, 2.24) is 14.0 Å². The SMILES string of the molecule is COCCn1c(=NC(=O)c2c(C)nc3ccccn23)sc2cc(F)ccc21. The number of thiazole rings is 1. The van der Waals surface area contributed by atoms with Gasteiger partial charge in [0.1, 0.15) is 17.2 Å². The summed E-state index contributed by atoms with van der Waals surface area (Å²) in [6.07, 6.45) is 1.79. The molecule has 1 aromatic carbocycles. The number of amides is 1. The van der Waals surface area contributed by atoms with Crippen LogP contribution >= 0.6 is 11.3 Å². The Balaban J connectivity index is 1.88. The first-order chi connectivity index (χ1) is 13.1. The van der Waals surface area contributed by atoms with Gasteiger partial charge in [0, 0.05) is 19.9 Å². The first-order valence-corrected chi connectivity index (χ1v) is 9.20. The maximum Gasteiger partial charge on any atom is 0.298 e. The van der Waals surface area contributed by atoms with Crippen molar-refractivity contribution >= 4 is 33.1 Å². The molecule has 4 rings (SSSR count). The fourth-order valence-corrected chi connectivity index (χ4v) is 4.12. The highest BCUT2D eigenvalue weighted by molar-refractivity contribution is 7.16. The van der Waals surface area contributed by atoms with E-state index < -0.39 is 0 Å². The zero-order chi connectivity index (χ0) is 19.0. The van der Waals surface area contributed by atoms with Crippen LogP contribution in [0.5, 0.6) is 0 Å². The summed E-state index contributed by atoms with van der Waals surface area (Å²) in [4.78, 5) is 22.2. The minimum atomic E-state index is -0.385. The van der Waals surface area contributed by atoms with Gasteiger partial charge in [-0.05, 0) is 37.3 Å². The summed E-state index contributed by atoms with van der Waals surface area (Å²) in [5.41, 5.74) is 2.55. The largest absolute Gasteiger partial charge is 0.383 e. The van der Waals surface area contributed by atoms with Gasteiger partial charge in [-0.2, -0.15) is 4.99 Å². The van der Waals surface area contributed by atoms with E-state index in [-0.39, 0.29) is 11.7 Å². The van der Waals surface area contributed by atoms with Crippen LogP contribution in [0.4, 0.5) is 4.39 Å². The minimum Gasteiger partial charge on any atom is -0.383 e. The molecule has 1 amide bonds. The van der Waals surface area contributed by atoms with E-state index >= 15 is 0 Å². The van der Waals surface area contributed by atoms with Crippen molar-refractivity contribution in [2.24, 2.45) is 4.99 Å². The van der Waals surface area contributed by atoms with E-state index in [1.165, 1.54) is 23.5 Å². The monoisotopic (exact) mass is 384 g/mol. The summed E-state index contributed by atoms with van der Waals surface area (Å²) < 4.78 is 23.1. The Labute approximate surface area is 158 Å². The number of fused-ring (bicyclic) bond motifs is 2. The van der Waals surface area contributed by atoms with Gasteiger partial charge in [0.05, 0.1) is 22.5 Å². The van der Waals surface area contributed by atoms with Crippen LogP contribution in [0.1, 0.15) is 16.2 Å². The molecule has 0 aliphatic carbocycles. The molecule has 0 N–H and O–H groups in total. The van der Waals surface area contributed by atoms with E-state index in [1.54, 1.807) is 30.7 Å². The molecule has 0 fully saturated rings. The summed E-state index contributed by atoms with van der Waals surface area (Å²) >= 11 is 1.28. The first kappa shape index (κ1) is 17.6. The van der Waals surface area contributed by atoms with Crippen LogP contribution in [0.25, 0.3) is 15.9 Å². The smallest absolute Gasteiger partial charge is 0.298 e. The van der Waals surface area contributed by atoms with Crippen LogP contribution in [0, 0.1) is 12.7 Å². The zero-order valence-electron chi connectivity index (χ0n) is 14.8. The number of halogens is 1. The normalized spacial score (nSPS) is 12.3. The van der Waals surface area contributed by atoms with E-state index in [1.807, 2.05) is 22.8 Å². The molecule has 8 heteroatoms. The van der Waals surface area contributed by atoms with Crippen molar-refractivity contribution in [3.8, 4) is 0 Å². The lowest BCUT2D eigenvalue weighted by atomic mass is 10.3. The second kappa shape index (κ2) is 7.05. The average molecular weight is 384 g/mol. The molecule has 0 aliphatic heterocycles. The topological polar surface area (TPSA) is 60.9 Å². The number of methoxy groups -OCH3 is 1. The Bertz CT molecular complexity index is 1220. The van der Waals surface area contributed by atoms with Gasteiger partial charge < -0.3 is 9.30 Å². The molecule has 0 unspecified atom stereocenters. The number of aromatic nitrogens is 3. The molecular formula is C19H17FN4O2S. The average Bonchev–Trinajstić information content (AvgIpc) is 3.15. The molecule has 6 nitrogen and oxygen atoms in total. The molecule has 3 aromatic heterocycles. The molecule has 3 heterocycles. The van der Waals surface area contributed by atoms with Gasteiger partial charge in [0.2, 0.25) is 0 Å². The lowest BCUT2D eigenvalue weighted by molar-refractivity contribution is 0.0991. The summed E-state index contributed by atoms with van der Waals surface area (Å²) in [6, 6.07) is 10.1. The molecule has 0 aliphatic rings. The number of imidazole rings is 1. The van der Waals surface area contributed by atoms with Crippen LogP contribution in [0.3, 0.4) is 0 Å². The summed E-state index contributed by atoms with van der Waals surface area (Å²) in [5.74, 6) is -0.706. The predicted octanol–water partition coefficient (Wildman–Crippen LogP) is 3.19. The lowest BCUT2D eigenvalue weighted by Crippen LogP contribution is -2.20. The fourth-order valence-electron chi connectivity index (χ4n) is 3.04. The van der Waals surface area contributed by atoms with Crippen LogP contribution in [0.15, 0.2) is 47.6 Å². The number of carbonyl (C=O) groups is 1. The maximum absolute atomic E-state index is 13.6. The van der Waals surface area contributed by atoms with Crippen molar-refractivity contribution in [2.75, 3.05) is 13.7 Å². The van der Waals surface area contributed by atoms with Crippen LogP contribution in [-0.4, -0.2) is 33.6 Å². The zero-order valence-corrected chi connectivity index (χ0v) is 15.7. The number of nitrogens with zero attached hydrogens (tertiary/aromatic N) is 4. The summed E-state index contributed by atoms with van der Waals surface area (Å²) in [7, 11) is 1.61. The number of benzene rings is 1. The first-order valence-electron chi connectivity index (χ1n) is 8.39. The fraction of sp³-hybridized carbons (Fsp3) is 0.211. The van der Waals surface area contributed by atoms with E-state index in [4.69, 9.17) is 4.74 Å². The van der Waals surface area contributed by atoms with Crippen molar-refractivity contribution in [2.45, 2.75) is 13.5 Å². The van der Waals surface area contributed by atoms with Gasteiger partial charge in [-0.1, -0.05) is 17.4 Å². The van der Waals surface area contributed by atoms with E-state index in [9.17, 15) is 9.18 Å². The number of hydrogen-bond donors (Lipinski definition) is 0. The van der Waals surface area contributed by atoms with Crippen LogP contribution in [0.2, 0.25) is 0 Å². The van der Waals surface area contributed by atoms with Gasteiger partial charge in [-0.25, -0.2) is 9.37 Å². The molecule has 138 valence electrons. The van der Waals surface area contributed by atoms with E-state index in [0.29, 0.717) is 35.0 Å². The standard InChI is InChI=1S/C19H17FN4O2S/c1-12-17(24-8-4-3-5-16(24)21-12)18(25)22-19-23(9-10-26-2)14-7-6-13(20)11-15(14)27-19/h3-8,11H,9-10H2,1-2H3. The second-order valence-corrected chi connectivity index (χ2v) is 7.04. The predicted molar refractivity (Wildman–Crippen MR) is 101 cm³/mol. The molecule has 0 saturated heterocycles. The summed E-state index contributed by atoms with van der Waals surface area (Å²) in [5, 5.41) is 0. The van der Waals surface area contributed by atoms with E-state index in [2.05, 4.69) is 9.98 Å². The number of hydrogen-bond acceptors (Lipinski definition) is 4. The third-order valence-corrected chi connectivity index (χ3v) is 5.31. The minimum absolute atomic E-state index is 0.321. The lowest BCUT2D eigenvalue weighted by Gasteiger charge is -2.04. The van der Waals surface area contributed by atoms with Gasteiger partial charge in [0.25, 0.3) is 5.91 Å². The van der Waals surface area contributed by atoms with Crippen LogP contribution in [-0.2, 0) is 11.3 Å². The molecule has 4 aromatic rings. The number of ether oxygens (including phenoxy) is 1. The number of rotatable bonds is 4. The molecule has 0 radical (unpaired) electrons. The highest BCUT2D eigenvalue weighted by Crippen LogP contribution is 2.19. The molecule has 0 saturated carbocycles. The Hall–Kier alpha value is -2.84. The Morgan fingerprint density at radius 3 is 3.00 bits per heavy atom. The highest BCUT2D eigenvalue weighted by atomic mass is 32.1. The van der Waals surface area contributed by atoms with Gasteiger partial charge in [0.15, 0.2) is 4.80 Å². The highest BCUT2D eigenvalue weighted by Gasteiger charge is 2.17. The van der Waals surface area contributed by atoms with Gasteiger partial charge >= 0.3 is 0 Å². The number of pyridine rings is 1. The second-order valence-electron chi connectivity index (χ2n) is 6.03. The number of aryl methyl sites for hydroxylation is 1. The Morgan fingerprint density at radius 2 is 2.19 bits per heavy atom. The van der Waals surface area contributed by atoms with Crippen molar-refractivity contribution < 1.29 is 13.9 Å². The number of carbonyl (C=O) groups excluding carboxylic acids is 1. The quantitative estimate of drug-likeness (QED) is 0.543. The third kappa shape index (κ3) is 3.17. The molecular weight excluding hydrogens is 367 g/mol. The third-order valence-electron chi connectivity index (χ3n) is 4.27. The maximum atomic E-state index is 13.6. The Kier molecular flexibility index (Phi) is 4.59. The van der Waals surface area contributed by atoms with Crippen molar-refractivity contribution in [1.29, 1.82) is 0 Å². The van der Waals surface area contributed by atoms with Crippen LogP contribution < -0.4 is 4.80 Å². The molecule has 27 heavy (non-hydrogen) atoms. The van der Waals surface area contributed by atoms with Crippen molar-refractivity contribution in [3.05, 3.63) is 64.6 Å². The van der Waals surface area contributed by atoms with Gasteiger partial charge in [-0.15, -0.1) is 0 Å². The molecule has 0 bridgehead atoms. The Morgan fingerprint density at radius 1 is 1.33 bits per heavy atom. The van der Waals surface area contributed by atoms with E-state index in [0.717, 1.165) is 10.2 Å². The molecule has 0 atom stereocenters. The van der Waals surface area contributed by atoms with Gasteiger partial charge in [-0.3, -0.25) is 9.20 Å². The van der Waals surface area contributed by atoms with Crippen molar-refractivity contribution in [3.63, 3.8) is 0 Å². The summed E-state index contributed by atoms with van der Waals surface area (Å²) in [6.45, 7) is 2.76.